The van der Waals surface area contributed by atoms with Gasteiger partial charge in [-0.1, -0.05) is 39.0 Å². The summed E-state index contributed by atoms with van der Waals surface area (Å²) in [6, 6.07) is 19.3. The molecule has 0 saturated heterocycles. The molecule has 3 aromatic carbocycles. The van der Waals surface area contributed by atoms with Crippen LogP contribution in [-0.2, 0) is 6.42 Å². The van der Waals surface area contributed by atoms with Crippen molar-refractivity contribution in [1.82, 2.24) is 4.98 Å². The van der Waals surface area contributed by atoms with Crippen molar-refractivity contribution in [2.75, 3.05) is 0 Å². The minimum absolute atomic E-state index is 0.0760. The van der Waals surface area contributed by atoms with Crippen LogP contribution in [0.1, 0.15) is 32.0 Å². The van der Waals surface area contributed by atoms with Gasteiger partial charge in [0, 0.05) is 27.4 Å². The fourth-order valence-electron chi connectivity index (χ4n) is 4.27. The van der Waals surface area contributed by atoms with Crippen LogP contribution in [-0.4, -0.2) is 4.98 Å². The number of nitrogens with zero attached hydrogens (tertiary/aromatic N) is 1. The summed E-state index contributed by atoms with van der Waals surface area (Å²) in [5.74, 6) is -0.237. The van der Waals surface area contributed by atoms with Crippen LogP contribution in [0.5, 0.6) is 0 Å². The van der Waals surface area contributed by atoms with E-state index in [0.29, 0.717) is 0 Å². The topological polar surface area (TPSA) is 26.0 Å². The van der Waals surface area contributed by atoms with Crippen LogP contribution >= 0.6 is 0 Å². The summed E-state index contributed by atoms with van der Waals surface area (Å²) in [5.41, 5.74) is 5.66. The van der Waals surface area contributed by atoms with E-state index in [1.54, 1.807) is 6.07 Å². The van der Waals surface area contributed by atoms with Crippen LogP contribution in [0, 0.1) is 18.2 Å². The van der Waals surface area contributed by atoms with E-state index < -0.39 is 0 Å². The van der Waals surface area contributed by atoms with Crippen LogP contribution < -0.4 is 0 Å². The Morgan fingerprint density at radius 1 is 0.900 bits per heavy atom. The first-order valence-corrected chi connectivity index (χ1v) is 10.3. The van der Waals surface area contributed by atoms with Crippen LogP contribution in [0.15, 0.2) is 65.1 Å². The molecule has 0 amide bonds. The summed E-state index contributed by atoms with van der Waals surface area (Å²) < 4.78 is 20.4. The number of benzene rings is 3. The van der Waals surface area contributed by atoms with E-state index in [0.717, 1.165) is 61.6 Å². The number of pyridine rings is 1. The molecule has 2 aromatic heterocycles. The Balaban J connectivity index is 1.87. The number of hydrogen-bond donors (Lipinski definition) is 0. The second-order valence-corrected chi connectivity index (χ2v) is 9.35. The maximum Gasteiger partial charge on any atom is 0.144 e. The van der Waals surface area contributed by atoms with E-state index in [4.69, 9.17) is 9.40 Å². The van der Waals surface area contributed by atoms with E-state index in [2.05, 4.69) is 45.9 Å². The zero-order valence-corrected chi connectivity index (χ0v) is 17.7. The average Bonchev–Trinajstić information content (AvgIpc) is 3.04. The highest BCUT2D eigenvalue weighted by molar-refractivity contribution is 6.11. The van der Waals surface area contributed by atoms with Crippen molar-refractivity contribution in [3.8, 4) is 11.3 Å². The summed E-state index contributed by atoms with van der Waals surface area (Å²) in [4.78, 5) is 5.07. The van der Waals surface area contributed by atoms with Gasteiger partial charge in [0.1, 0.15) is 17.0 Å². The normalized spacial score (nSPS) is 12.3. The lowest BCUT2D eigenvalue weighted by atomic mass is 9.89. The van der Waals surface area contributed by atoms with Gasteiger partial charge in [-0.3, -0.25) is 4.98 Å². The van der Waals surface area contributed by atoms with Gasteiger partial charge < -0.3 is 4.42 Å². The first-order valence-electron chi connectivity index (χ1n) is 10.3. The van der Waals surface area contributed by atoms with E-state index >= 15 is 0 Å². The van der Waals surface area contributed by atoms with Gasteiger partial charge in [0.15, 0.2) is 0 Å². The van der Waals surface area contributed by atoms with Crippen LogP contribution in [0.25, 0.3) is 44.0 Å². The van der Waals surface area contributed by atoms with Crippen molar-refractivity contribution in [3.63, 3.8) is 0 Å². The van der Waals surface area contributed by atoms with Crippen molar-refractivity contribution in [1.29, 1.82) is 0 Å². The van der Waals surface area contributed by atoms with Gasteiger partial charge in [0.05, 0.1) is 5.69 Å². The molecule has 30 heavy (non-hydrogen) atoms. The minimum Gasteiger partial charge on any atom is -0.455 e. The number of aryl methyl sites for hydroxylation is 1. The number of halogens is 1. The second kappa shape index (κ2) is 6.66. The van der Waals surface area contributed by atoms with Gasteiger partial charge in [-0.15, -0.1) is 0 Å². The molecule has 2 nitrogen and oxygen atoms in total. The summed E-state index contributed by atoms with van der Waals surface area (Å²) in [7, 11) is 0. The zero-order chi connectivity index (χ0) is 21.0. The maximum absolute atomic E-state index is 14.1. The first-order chi connectivity index (χ1) is 14.3. The van der Waals surface area contributed by atoms with Gasteiger partial charge in [-0.25, -0.2) is 4.39 Å². The van der Waals surface area contributed by atoms with Crippen molar-refractivity contribution in [3.05, 3.63) is 77.7 Å². The summed E-state index contributed by atoms with van der Waals surface area (Å²) in [5, 5.41) is 3.98. The van der Waals surface area contributed by atoms with Crippen molar-refractivity contribution in [2.24, 2.45) is 5.41 Å². The average molecular weight is 397 g/mol. The Bertz CT molecular complexity index is 1420. The number of furan rings is 1. The van der Waals surface area contributed by atoms with Gasteiger partial charge in [-0.05, 0) is 72.2 Å². The molecule has 150 valence electrons. The molecule has 0 spiro atoms. The third-order valence-corrected chi connectivity index (χ3v) is 5.44. The lowest BCUT2D eigenvalue weighted by molar-refractivity contribution is 0.407. The summed E-state index contributed by atoms with van der Waals surface area (Å²) >= 11 is 0. The lowest BCUT2D eigenvalue weighted by Crippen LogP contribution is -2.11. The molecular weight excluding hydrogens is 373 g/mol. The number of fused-ring (bicyclic) bond motifs is 4. The molecule has 0 radical (unpaired) electrons. The fourth-order valence-corrected chi connectivity index (χ4v) is 4.27. The highest BCUT2D eigenvalue weighted by atomic mass is 19.1. The van der Waals surface area contributed by atoms with Crippen molar-refractivity contribution < 1.29 is 8.81 Å². The van der Waals surface area contributed by atoms with E-state index in [1.807, 2.05) is 30.3 Å². The summed E-state index contributed by atoms with van der Waals surface area (Å²) in [6.07, 6.45) is 0.807. The Morgan fingerprint density at radius 2 is 1.70 bits per heavy atom. The Hall–Kier alpha value is -3.20. The van der Waals surface area contributed by atoms with Crippen molar-refractivity contribution in [2.45, 2.75) is 34.1 Å². The largest absolute Gasteiger partial charge is 0.455 e. The number of hydrogen-bond acceptors (Lipinski definition) is 2. The fraction of sp³-hybridized carbons (Fsp3) is 0.222. The quantitative estimate of drug-likeness (QED) is 0.303. The third kappa shape index (κ3) is 3.24. The van der Waals surface area contributed by atoms with Crippen LogP contribution in [0.2, 0.25) is 0 Å². The molecule has 0 atom stereocenters. The Labute approximate surface area is 175 Å². The zero-order valence-electron chi connectivity index (χ0n) is 17.7. The number of para-hydroxylation sites is 1. The molecular formula is C27H24FNO. The number of rotatable bonds is 2. The lowest BCUT2D eigenvalue weighted by Gasteiger charge is -2.19. The van der Waals surface area contributed by atoms with E-state index in [1.165, 1.54) is 6.07 Å². The molecule has 0 saturated carbocycles. The van der Waals surface area contributed by atoms with Gasteiger partial charge in [0.25, 0.3) is 0 Å². The highest BCUT2D eigenvalue weighted by Crippen LogP contribution is 2.39. The molecule has 0 bridgehead atoms. The molecule has 0 fully saturated rings. The minimum atomic E-state index is -0.237. The molecule has 0 N–H and O–H groups in total. The molecule has 5 aromatic rings. The molecule has 0 aliphatic heterocycles. The predicted octanol–water partition coefficient (Wildman–Crippen LogP) is 7.84. The van der Waals surface area contributed by atoms with Gasteiger partial charge in [-0.2, -0.15) is 0 Å². The van der Waals surface area contributed by atoms with Crippen molar-refractivity contribution >= 4 is 32.7 Å². The Kier molecular flexibility index (Phi) is 4.18. The Morgan fingerprint density at radius 3 is 2.50 bits per heavy atom. The number of aromatic nitrogens is 1. The molecule has 0 aliphatic rings. The summed E-state index contributed by atoms with van der Waals surface area (Å²) in [6.45, 7) is 8.66. The monoisotopic (exact) mass is 397 g/mol. The van der Waals surface area contributed by atoms with E-state index in [-0.39, 0.29) is 11.2 Å². The van der Waals surface area contributed by atoms with Gasteiger partial charge in [0.2, 0.25) is 0 Å². The van der Waals surface area contributed by atoms with Crippen LogP contribution in [0.3, 0.4) is 0 Å². The van der Waals surface area contributed by atoms with Gasteiger partial charge >= 0.3 is 0 Å². The predicted molar refractivity (Wildman–Crippen MR) is 122 cm³/mol. The SMILES string of the molecule is Cc1cc(-c2nc(CC(C)(C)C)cc3cc(F)ccc23)c2oc3ccccc3c2c1. The first kappa shape index (κ1) is 18.8. The maximum atomic E-state index is 14.1. The second-order valence-electron chi connectivity index (χ2n) is 9.35. The third-order valence-electron chi connectivity index (χ3n) is 5.44. The molecule has 0 unspecified atom stereocenters. The van der Waals surface area contributed by atoms with E-state index in [9.17, 15) is 4.39 Å². The molecule has 3 heteroatoms. The highest BCUT2D eigenvalue weighted by Gasteiger charge is 2.19. The molecule has 0 aliphatic carbocycles. The standard InChI is InChI=1S/C27H24FNO/c1-16-11-22-21-7-5-6-8-24(21)30-26(22)23(12-16)25-20-10-9-18(28)13-17(20)14-19(29-25)15-27(2,3)4/h5-14H,15H2,1-4H3. The molecule has 5 rings (SSSR count). The smallest absolute Gasteiger partial charge is 0.144 e. The molecule has 2 heterocycles. The van der Waals surface area contributed by atoms with Crippen LogP contribution in [0.4, 0.5) is 4.39 Å².